The summed E-state index contributed by atoms with van der Waals surface area (Å²) in [6.45, 7) is 9.98. The quantitative estimate of drug-likeness (QED) is 0.811. The number of benzene rings is 1. The van der Waals surface area contributed by atoms with E-state index in [9.17, 15) is 18.4 Å². The maximum atomic E-state index is 14.8. The van der Waals surface area contributed by atoms with Gasteiger partial charge in [0.05, 0.1) is 20.2 Å². The molecule has 1 aromatic carbocycles. The minimum absolute atomic E-state index is 0.107. The highest BCUT2D eigenvalue weighted by Gasteiger charge is 2.51. The third kappa shape index (κ3) is 5.27. The summed E-state index contributed by atoms with van der Waals surface area (Å²) < 4.78 is 44.4. The molecular weight excluding hydrogens is 386 g/mol. The van der Waals surface area contributed by atoms with Crippen molar-refractivity contribution in [3.63, 3.8) is 0 Å². The molecule has 1 saturated heterocycles. The molecule has 0 aliphatic carbocycles. The summed E-state index contributed by atoms with van der Waals surface area (Å²) in [5.41, 5.74) is -2.98. The zero-order chi connectivity index (χ0) is 22.2. The van der Waals surface area contributed by atoms with E-state index in [1.54, 1.807) is 41.5 Å². The fourth-order valence-corrected chi connectivity index (χ4v) is 2.94. The summed E-state index contributed by atoms with van der Waals surface area (Å²) in [4.78, 5) is 26.0. The maximum absolute atomic E-state index is 14.8. The van der Waals surface area contributed by atoms with E-state index in [0.29, 0.717) is 0 Å². The lowest BCUT2D eigenvalue weighted by Gasteiger charge is -2.50. The van der Waals surface area contributed by atoms with Gasteiger partial charge in [0.1, 0.15) is 16.7 Å². The van der Waals surface area contributed by atoms with Crippen LogP contribution in [0, 0.1) is 11.6 Å². The number of alkyl carbamates (subject to hydrolysis) is 1. The van der Waals surface area contributed by atoms with Crippen LogP contribution in [0.1, 0.15) is 47.1 Å². The molecule has 1 N–H and O–H groups in total. The first-order valence-electron chi connectivity index (χ1n) is 9.19. The Hall–Kier alpha value is -2.58. The topological polar surface area (TPSA) is 77.1 Å². The molecule has 1 fully saturated rings. The SMILES string of the molecule is COc1ccc(C2(NC(=O)OC(C)(C)C)CN(C(=O)OC(C)(C)C)C2)c(F)c1F. The van der Waals surface area contributed by atoms with Crippen LogP contribution in [0.5, 0.6) is 5.75 Å². The van der Waals surface area contributed by atoms with Crippen LogP contribution in [0.4, 0.5) is 18.4 Å². The Labute approximate surface area is 169 Å². The predicted molar refractivity (Wildman–Crippen MR) is 102 cm³/mol. The Morgan fingerprint density at radius 2 is 1.55 bits per heavy atom. The molecule has 0 radical (unpaired) electrons. The van der Waals surface area contributed by atoms with Gasteiger partial charge in [0.2, 0.25) is 5.82 Å². The number of hydrogen-bond donors (Lipinski definition) is 1. The summed E-state index contributed by atoms with van der Waals surface area (Å²) in [6.07, 6.45) is -1.43. The highest BCUT2D eigenvalue weighted by atomic mass is 19.2. The van der Waals surface area contributed by atoms with Gasteiger partial charge in [0.25, 0.3) is 0 Å². The van der Waals surface area contributed by atoms with Crippen LogP contribution < -0.4 is 10.1 Å². The number of ether oxygens (including phenoxy) is 3. The van der Waals surface area contributed by atoms with Gasteiger partial charge in [-0.2, -0.15) is 4.39 Å². The Morgan fingerprint density at radius 3 is 2.03 bits per heavy atom. The monoisotopic (exact) mass is 414 g/mol. The van der Waals surface area contributed by atoms with E-state index in [2.05, 4.69) is 5.32 Å². The number of methoxy groups -OCH3 is 1. The van der Waals surface area contributed by atoms with Crippen molar-refractivity contribution >= 4 is 12.2 Å². The van der Waals surface area contributed by atoms with Crippen molar-refractivity contribution < 1.29 is 32.6 Å². The lowest BCUT2D eigenvalue weighted by Crippen LogP contribution is -2.69. The van der Waals surface area contributed by atoms with Gasteiger partial charge in [-0.1, -0.05) is 0 Å². The molecule has 2 amide bonds. The van der Waals surface area contributed by atoms with Crippen LogP contribution in [0.15, 0.2) is 12.1 Å². The Bertz CT molecular complexity index is 793. The molecule has 2 rings (SSSR count). The van der Waals surface area contributed by atoms with Crippen molar-refractivity contribution in [1.29, 1.82) is 0 Å². The van der Waals surface area contributed by atoms with Gasteiger partial charge in [-0.25, -0.2) is 14.0 Å². The van der Waals surface area contributed by atoms with E-state index >= 15 is 0 Å². The molecule has 0 aromatic heterocycles. The van der Waals surface area contributed by atoms with E-state index in [-0.39, 0.29) is 24.4 Å². The highest BCUT2D eigenvalue weighted by Crippen LogP contribution is 2.37. The number of amides is 2. The number of hydrogen-bond acceptors (Lipinski definition) is 5. The minimum Gasteiger partial charge on any atom is -0.494 e. The molecule has 7 nitrogen and oxygen atoms in total. The number of carbonyl (C=O) groups is 2. The summed E-state index contributed by atoms with van der Waals surface area (Å²) in [6, 6.07) is 2.59. The second-order valence-corrected chi connectivity index (χ2v) is 8.99. The van der Waals surface area contributed by atoms with Crippen molar-refractivity contribution in [3.8, 4) is 5.75 Å². The van der Waals surface area contributed by atoms with E-state index < -0.39 is 40.6 Å². The molecule has 1 heterocycles. The zero-order valence-electron chi connectivity index (χ0n) is 17.8. The van der Waals surface area contributed by atoms with E-state index in [0.717, 1.165) is 0 Å². The fraction of sp³-hybridized carbons (Fsp3) is 0.600. The first-order chi connectivity index (χ1) is 13.2. The Balaban J connectivity index is 2.33. The zero-order valence-corrected chi connectivity index (χ0v) is 17.8. The van der Waals surface area contributed by atoms with E-state index in [4.69, 9.17) is 14.2 Å². The van der Waals surface area contributed by atoms with Crippen molar-refractivity contribution in [1.82, 2.24) is 10.2 Å². The van der Waals surface area contributed by atoms with Crippen LogP contribution >= 0.6 is 0 Å². The van der Waals surface area contributed by atoms with Crippen molar-refractivity contribution in [2.75, 3.05) is 20.2 Å². The predicted octanol–water partition coefficient (Wildman–Crippen LogP) is 3.94. The van der Waals surface area contributed by atoms with Crippen LogP contribution in [0.25, 0.3) is 0 Å². The maximum Gasteiger partial charge on any atom is 0.410 e. The second kappa shape index (κ2) is 7.68. The van der Waals surface area contributed by atoms with Gasteiger partial charge in [-0.05, 0) is 53.7 Å². The van der Waals surface area contributed by atoms with Crippen molar-refractivity contribution in [3.05, 3.63) is 29.3 Å². The molecule has 0 saturated carbocycles. The standard InChI is InChI=1S/C20H28F2N2O5/c1-18(2,3)28-16(25)23-20(10-24(11-20)17(26)29-19(4,5)6)12-8-9-13(27-7)15(22)14(12)21/h8-9H,10-11H2,1-7H3,(H,23,25). The van der Waals surface area contributed by atoms with Gasteiger partial charge in [-0.3, -0.25) is 0 Å². The smallest absolute Gasteiger partial charge is 0.410 e. The average molecular weight is 414 g/mol. The van der Waals surface area contributed by atoms with Crippen molar-refractivity contribution in [2.45, 2.75) is 58.3 Å². The third-order valence-corrected chi connectivity index (χ3v) is 4.10. The molecule has 1 aliphatic rings. The van der Waals surface area contributed by atoms with Crippen LogP contribution in [-0.4, -0.2) is 48.5 Å². The number of likely N-dealkylation sites (tertiary alicyclic amines) is 1. The van der Waals surface area contributed by atoms with E-state index in [1.165, 1.54) is 24.1 Å². The molecule has 0 spiro atoms. The summed E-state index contributed by atoms with van der Waals surface area (Å²) in [5, 5.41) is 2.60. The fourth-order valence-electron chi connectivity index (χ4n) is 2.94. The van der Waals surface area contributed by atoms with Gasteiger partial charge in [-0.15, -0.1) is 0 Å². The molecule has 1 aromatic rings. The molecule has 0 bridgehead atoms. The van der Waals surface area contributed by atoms with E-state index in [1.807, 2.05) is 0 Å². The lowest BCUT2D eigenvalue weighted by atomic mass is 9.82. The van der Waals surface area contributed by atoms with Gasteiger partial charge in [0, 0.05) is 5.56 Å². The van der Waals surface area contributed by atoms with Crippen LogP contribution in [-0.2, 0) is 15.0 Å². The van der Waals surface area contributed by atoms with Crippen molar-refractivity contribution in [2.24, 2.45) is 0 Å². The summed E-state index contributed by atoms with van der Waals surface area (Å²) in [7, 11) is 1.22. The first-order valence-corrected chi connectivity index (χ1v) is 9.19. The Morgan fingerprint density at radius 1 is 1.00 bits per heavy atom. The van der Waals surface area contributed by atoms with Gasteiger partial charge in [0.15, 0.2) is 11.6 Å². The summed E-state index contributed by atoms with van der Waals surface area (Å²) in [5.74, 6) is -2.60. The molecule has 0 unspecified atom stereocenters. The van der Waals surface area contributed by atoms with Gasteiger partial charge >= 0.3 is 12.2 Å². The van der Waals surface area contributed by atoms with Crippen LogP contribution in [0.3, 0.4) is 0 Å². The summed E-state index contributed by atoms with van der Waals surface area (Å²) >= 11 is 0. The molecule has 1 aliphatic heterocycles. The lowest BCUT2D eigenvalue weighted by molar-refractivity contribution is -0.0239. The molecule has 9 heteroatoms. The van der Waals surface area contributed by atoms with Gasteiger partial charge < -0.3 is 24.4 Å². The number of rotatable bonds is 3. The second-order valence-electron chi connectivity index (χ2n) is 8.99. The molecule has 29 heavy (non-hydrogen) atoms. The average Bonchev–Trinajstić information content (AvgIpc) is 2.49. The largest absolute Gasteiger partial charge is 0.494 e. The molecule has 0 atom stereocenters. The molecule has 162 valence electrons. The number of halogens is 2. The highest BCUT2D eigenvalue weighted by molar-refractivity contribution is 5.73. The molecular formula is C20H28F2N2O5. The Kier molecular flexibility index (Phi) is 6.02. The first kappa shape index (κ1) is 22.7. The minimum atomic E-state index is -1.36. The number of nitrogens with one attached hydrogen (secondary N) is 1. The van der Waals surface area contributed by atoms with Crippen LogP contribution in [0.2, 0.25) is 0 Å². The number of nitrogens with zero attached hydrogens (tertiary/aromatic N) is 1. The number of carbonyl (C=O) groups excluding carboxylic acids is 2. The third-order valence-electron chi connectivity index (χ3n) is 4.10. The normalized spacial score (nSPS) is 16.0.